The van der Waals surface area contributed by atoms with Gasteiger partial charge < -0.3 is 9.64 Å². The second-order valence-electron chi connectivity index (χ2n) is 5.63. The van der Waals surface area contributed by atoms with E-state index in [1.807, 2.05) is 0 Å². The molecule has 0 saturated carbocycles. The second kappa shape index (κ2) is 6.77. The molecule has 0 radical (unpaired) electrons. The molecule has 8 heteroatoms. The summed E-state index contributed by atoms with van der Waals surface area (Å²) >= 11 is 11.9. The molecule has 0 saturated heterocycles. The fourth-order valence-corrected chi connectivity index (χ4v) is 3.06. The smallest absolute Gasteiger partial charge is 0.422 e. The number of carbonyl (C=O) groups is 1. The van der Waals surface area contributed by atoms with Crippen LogP contribution in [0.5, 0.6) is 5.75 Å². The molecule has 1 heterocycles. The molecular formula is C17H12Cl2F3NO2. The minimum absolute atomic E-state index is 0.0118. The van der Waals surface area contributed by atoms with Crippen molar-refractivity contribution in [1.29, 1.82) is 0 Å². The van der Waals surface area contributed by atoms with Gasteiger partial charge in [0.2, 0.25) is 0 Å². The molecule has 0 N–H and O–H groups in total. The van der Waals surface area contributed by atoms with Crippen LogP contribution in [0.25, 0.3) is 0 Å². The molecule has 0 atom stereocenters. The summed E-state index contributed by atoms with van der Waals surface area (Å²) in [6.45, 7) is -0.815. The van der Waals surface area contributed by atoms with Gasteiger partial charge in [0.15, 0.2) is 6.61 Å². The number of ether oxygens (including phenoxy) is 1. The lowest BCUT2D eigenvalue weighted by Crippen LogP contribution is -2.23. The highest BCUT2D eigenvalue weighted by Gasteiger charge is 2.32. The molecule has 2 aromatic rings. The maximum Gasteiger partial charge on any atom is 0.422 e. The lowest BCUT2D eigenvalue weighted by Gasteiger charge is -2.15. The predicted molar refractivity (Wildman–Crippen MR) is 88.0 cm³/mol. The Morgan fingerprint density at radius 1 is 1.12 bits per heavy atom. The van der Waals surface area contributed by atoms with Gasteiger partial charge in [0.25, 0.3) is 5.91 Å². The van der Waals surface area contributed by atoms with Crippen LogP contribution in [0.1, 0.15) is 21.5 Å². The van der Waals surface area contributed by atoms with E-state index in [4.69, 9.17) is 27.9 Å². The van der Waals surface area contributed by atoms with Crippen molar-refractivity contribution in [3.8, 4) is 5.75 Å². The van der Waals surface area contributed by atoms with Crippen LogP contribution in [0.4, 0.5) is 13.2 Å². The Morgan fingerprint density at radius 2 is 1.80 bits per heavy atom. The van der Waals surface area contributed by atoms with E-state index < -0.39 is 12.8 Å². The quantitative estimate of drug-likeness (QED) is 0.728. The van der Waals surface area contributed by atoms with Crippen LogP contribution in [-0.4, -0.2) is 23.6 Å². The predicted octanol–water partition coefficient (Wildman–Crippen LogP) is 5.09. The number of halogens is 5. The summed E-state index contributed by atoms with van der Waals surface area (Å²) in [4.78, 5) is 14.1. The zero-order valence-corrected chi connectivity index (χ0v) is 14.3. The van der Waals surface area contributed by atoms with E-state index in [-0.39, 0.29) is 23.2 Å². The van der Waals surface area contributed by atoms with E-state index in [1.165, 1.54) is 12.1 Å². The van der Waals surface area contributed by atoms with E-state index in [0.29, 0.717) is 22.7 Å². The van der Waals surface area contributed by atoms with Gasteiger partial charge in [0, 0.05) is 18.1 Å². The summed E-state index contributed by atoms with van der Waals surface area (Å²) in [5.74, 6) is -0.278. The number of carbonyl (C=O) groups excluding carboxylic acids is 1. The second-order valence-corrected chi connectivity index (χ2v) is 6.47. The van der Waals surface area contributed by atoms with Crippen molar-refractivity contribution in [3.63, 3.8) is 0 Å². The molecule has 1 aliphatic rings. The number of rotatable bonds is 4. The van der Waals surface area contributed by atoms with Gasteiger partial charge in [-0.1, -0.05) is 35.3 Å². The first-order valence-corrected chi connectivity index (χ1v) is 8.04. The average Bonchev–Trinajstić information content (AvgIpc) is 2.83. The van der Waals surface area contributed by atoms with Crippen LogP contribution in [0.2, 0.25) is 10.0 Å². The number of hydrogen-bond donors (Lipinski definition) is 0. The lowest BCUT2D eigenvalue weighted by atomic mass is 10.1. The monoisotopic (exact) mass is 389 g/mol. The van der Waals surface area contributed by atoms with Crippen molar-refractivity contribution < 1.29 is 22.7 Å². The molecule has 1 amide bonds. The summed E-state index contributed by atoms with van der Waals surface area (Å²) < 4.78 is 41.6. The van der Waals surface area contributed by atoms with Gasteiger partial charge in [-0.15, -0.1) is 0 Å². The van der Waals surface area contributed by atoms with Crippen molar-refractivity contribution in [3.05, 3.63) is 63.1 Å². The van der Waals surface area contributed by atoms with E-state index in [2.05, 4.69) is 0 Å². The standard InChI is InChI=1S/C17H12Cl2F3NO2/c18-12-3-1-10(2-4-12)7-23-8-11-5-13(25-9-17(20,21)22)6-14(19)15(11)16(23)24/h1-6H,7-9H2. The highest BCUT2D eigenvalue weighted by Crippen LogP contribution is 2.34. The first kappa shape index (κ1) is 17.9. The Labute approximate surface area is 151 Å². The Bertz CT molecular complexity index is 807. The van der Waals surface area contributed by atoms with Gasteiger partial charge >= 0.3 is 6.18 Å². The number of fused-ring (bicyclic) bond motifs is 1. The number of nitrogens with zero attached hydrogens (tertiary/aromatic N) is 1. The van der Waals surface area contributed by atoms with Gasteiger partial charge in [-0.25, -0.2) is 0 Å². The first-order chi connectivity index (χ1) is 11.7. The summed E-state index contributed by atoms with van der Waals surface area (Å²) in [6, 6.07) is 9.71. The van der Waals surface area contributed by atoms with E-state index in [0.717, 1.165) is 5.56 Å². The van der Waals surface area contributed by atoms with Crippen molar-refractivity contribution in [1.82, 2.24) is 4.90 Å². The van der Waals surface area contributed by atoms with Crippen molar-refractivity contribution in [2.45, 2.75) is 19.3 Å². The summed E-state index contributed by atoms with van der Waals surface area (Å²) in [5.41, 5.74) is 1.73. The molecule has 0 aliphatic carbocycles. The molecule has 0 aromatic heterocycles. The van der Waals surface area contributed by atoms with Crippen LogP contribution in [0, 0.1) is 0 Å². The van der Waals surface area contributed by atoms with E-state index in [9.17, 15) is 18.0 Å². The maximum absolute atomic E-state index is 12.5. The minimum atomic E-state index is -4.44. The summed E-state index contributed by atoms with van der Waals surface area (Å²) in [7, 11) is 0. The van der Waals surface area contributed by atoms with Crippen LogP contribution in [0.3, 0.4) is 0 Å². The van der Waals surface area contributed by atoms with Crippen molar-refractivity contribution >= 4 is 29.1 Å². The van der Waals surface area contributed by atoms with Gasteiger partial charge in [-0.2, -0.15) is 13.2 Å². The molecule has 3 nitrogen and oxygen atoms in total. The third-order valence-corrected chi connectivity index (χ3v) is 4.25. The van der Waals surface area contributed by atoms with Gasteiger partial charge in [-0.05, 0) is 35.4 Å². The van der Waals surface area contributed by atoms with Crippen LogP contribution >= 0.6 is 23.2 Å². The molecule has 2 aromatic carbocycles. The van der Waals surface area contributed by atoms with Gasteiger partial charge in [0.05, 0.1) is 10.6 Å². The number of benzene rings is 2. The van der Waals surface area contributed by atoms with Crippen molar-refractivity contribution in [2.24, 2.45) is 0 Å². The van der Waals surface area contributed by atoms with E-state index in [1.54, 1.807) is 29.2 Å². The Hall–Kier alpha value is -1.92. The largest absolute Gasteiger partial charge is 0.484 e. The third-order valence-electron chi connectivity index (χ3n) is 3.70. The first-order valence-electron chi connectivity index (χ1n) is 7.28. The molecule has 25 heavy (non-hydrogen) atoms. The molecular weight excluding hydrogens is 378 g/mol. The lowest BCUT2D eigenvalue weighted by molar-refractivity contribution is -0.153. The molecule has 132 valence electrons. The highest BCUT2D eigenvalue weighted by atomic mass is 35.5. The fourth-order valence-electron chi connectivity index (χ4n) is 2.62. The molecule has 0 bridgehead atoms. The molecule has 0 spiro atoms. The SMILES string of the molecule is O=C1c2c(Cl)cc(OCC(F)(F)F)cc2CN1Cc1ccc(Cl)cc1. The number of hydrogen-bond acceptors (Lipinski definition) is 2. The highest BCUT2D eigenvalue weighted by molar-refractivity contribution is 6.34. The third kappa shape index (κ3) is 4.19. The Kier molecular flexibility index (Phi) is 4.84. The number of amides is 1. The topological polar surface area (TPSA) is 29.5 Å². The summed E-state index contributed by atoms with van der Waals surface area (Å²) in [6.07, 6.45) is -4.44. The molecule has 1 aliphatic heterocycles. The minimum Gasteiger partial charge on any atom is -0.484 e. The van der Waals surface area contributed by atoms with Crippen LogP contribution in [0.15, 0.2) is 36.4 Å². The average molecular weight is 390 g/mol. The van der Waals surface area contributed by atoms with E-state index >= 15 is 0 Å². The Balaban J connectivity index is 1.78. The molecule has 0 unspecified atom stereocenters. The summed E-state index contributed by atoms with van der Waals surface area (Å²) in [5, 5.41) is 0.674. The molecule has 3 rings (SSSR count). The number of alkyl halides is 3. The molecule has 0 fully saturated rings. The van der Waals surface area contributed by atoms with Gasteiger partial charge in [-0.3, -0.25) is 4.79 Å². The zero-order valence-electron chi connectivity index (χ0n) is 12.7. The van der Waals surface area contributed by atoms with Gasteiger partial charge in [0.1, 0.15) is 5.75 Å². The van der Waals surface area contributed by atoms with Crippen LogP contribution in [-0.2, 0) is 13.1 Å². The zero-order chi connectivity index (χ0) is 18.2. The maximum atomic E-state index is 12.5. The Morgan fingerprint density at radius 3 is 2.44 bits per heavy atom. The van der Waals surface area contributed by atoms with Crippen molar-refractivity contribution in [2.75, 3.05) is 6.61 Å². The fraction of sp³-hybridized carbons (Fsp3) is 0.235. The van der Waals surface area contributed by atoms with Crippen LogP contribution < -0.4 is 4.74 Å². The normalized spacial score (nSPS) is 14.0.